The summed E-state index contributed by atoms with van der Waals surface area (Å²) in [4.78, 5) is 6.99. The van der Waals surface area contributed by atoms with Crippen LogP contribution in [0.25, 0.3) is 0 Å². The lowest BCUT2D eigenvalue weighted by molar-refractivity contribution is 0.206. The van der Waals surface area contributed by atoms with Gasteiger partial charge in [0.15, 0.2) is 0 Å². The van der Waals surface area contributed by atoms with Gasteiger partial charge in [-0.2, -0.15) is 0 Å². The first-order valence-electron chi connectivity index (χ1n) is 6.14. The predicted molar refractivity (Wildman–Crippen MR) is 68.8 cm³/mol. The Labute approximate surface area is 102 Å². The number of thiazole rings is 1. The number of likely N-dealkylation sites (tertiary alicyclic amines) is 1. The van der Waals surface area contributed by atoms with E-state index in [9.17, 15) is 0 Å². The molecule has 0 atom stereocenters. The van der Waals surface area contributed by atoms with Crippen LogP contribution in [-0.4, -0.2) is 35.6 Å². The predicted octanol–water partition coefficient (Wildman–Crippen LogP) is 2.03. The van der Waals surface area contributed by atoms with Gasteiger partial charge in [-0.1, -0.05) is 6.92 Å². The zero-order valence-corrected chi connectivity index (χ0v) is 11.0. The molecule has 90 valence electrons. The van der Waals surface area contributed by atoms with Gasteiger partial charge in [-0.25, -0.2) is 4.98 Å². The Kier molecular flexibility index (Phi) is 4.32. The monoisotopic (exact) mass is 239 g/mol. The second kappa shape index (κ2) is 5.75. The molecule has 0 amide bonds. The Hall–Kier alpha value is -0.450. The lowest BCUT2D eigenvalue weighted by Crippen LogP contribution is -2.42. The van der Waals surface area contributed by atoms with Gasteiger partial charge >= 0.3 is 0 Å². The third-order valence-electron chi connectivity index (χ3n) is 3.24. The topological polar surface area (TPSA) is 28.2 Å². The largest absolute Gasteiger partial charge is 0.308 e. The van der Waals surface area contributed by atoms with Crippen molar-refractivity contribution in [1.29, 1.82) is 0 Å². The van der Waals surface area contributed by atoms with Gasteiger partial charge in [0.25, 0.3) is 0 Å². The lowest BCUT2D eigenvalue weighted by Gasteiger charge is -2.31. The second-order valence-corrected chi connectivity index (χ2v) is 5.41. The summed E-state index contributed by atoms with van der Waals surface area (Å²) in [6.07, 6.45) is 2.55. The number of hydrogen-bond acceptors (Lipinski definition) is 4. The van der Waals surface area contributed by atoms with E-state index in [0.717, 1.165) is 12.2 Å². The van der Waals surface area contributed by atoms with E-state index in [1.54, 1.807) is 11.3 Å². The maximum Gasteiger partial charge on any atom is 0.107 e. The van der Waals surface area contributed by atoms with E-state index in [1.165, 1.54) is 37.5 Å². The number of aromatic nitrogens is 1. The van der Waals surface area contributed by atoms with E-state index in [2.05, 4.69) is 34.4 Å². The highest BCUT2D eigenvalue weighted by Gasteiger charge is 2.17. The number of rotatable bonds is 4. The summed E-state index contributed by atoms with van der Waals surface area (Å²) in [5.41, 5.74) is 1.14. The molecule has 1 aromatic heterocycles. The van der Waals surface area contributed by atoms with Crippen LogP contribution >= 0.6 is 11.3 Å². The number of nitrogens with one attached hydrogen (secondary N) is 1. The van der Waals surface area contributed by atoms with Crippen molar-refractivity contribution in [3.8, 4) is 0 Å². The molecular formula is C12H21N3S. The molecule has 0 unspecified atom stereocenters. The average Bonchev–Trinajstić information content (AvgIpc) is 2.73. The number of nitrogens with zero attached hydrogens (tertiary/aromatic N) is 2. The fourth-order valence-electron chi connectivity index (χ4n) is 2.17. The van der Waals surface area contributed by atoms with Crippen molar-refractivity contribution in [3.63, 3.8) is 0 Å². The van der Waals surface area contributed by atoms with E-state index in [4.69, 9.17) is 0 Å². The average molecular weight is 239 g/mol. The minimum absolute atomic E-state index is 0.687. The summed E-state index contributed by atoms with van der Waals surface area (Å²) in [5, 5.41) is 6.96. The third kappa shape index (κ3) is 3.27. The fourth-order valence-corrected chi connectivity index (χ4v) is 2.89. The summed E-state index contributed by atoms with van der Waals surface area (Å²) < 4.78 is 0. The van der Waals surface area contributed by atoms with Gasteiger partial charge in [-0.05, 0) is 39.4 Å². The summed E-state index contributed by atoms with van der Waals surface area (Å²) >= 11 is 1.76. The SMILES string of the molecule is CCN1CCC(NCc2nc(C)cs2)CC1. The van der Waals surface area contributed by atoms with Gasteiger partial charge in [0.1, 0.15) is 5.01 Å². The van der Waals surface area contributed by atoms with Gasteiger partial charge in [0.2, 0.25) is 0 Å². The highest BCUT2D eigenvalue weighted by molar-refractivity contribution is 7.09. The fraction of sp³-hybridized carbons (Fsp3) is 0.750. The van der Waals surface area contributed by atoms with Crippen LogP contribution < -0.4 is 5.32 Å². The Bertz CT molecular complexity index is 316. The smallest absolute Gasteiger partial charge is 0.107 e. The van der Waals surface area contributed by atoms with E-state index in [0.29, 0.717) is 6.04 Å². The molecule has 16 heavy (non-hydrogen) atoms. The molecule has 0 spiro atoms. The Balaban J connectivity index is 1.71. The molecule has 0 aliphatic carbocycles. The zero-order valence-electron chi connectivity index (χ0n) is 10.2. The molecule has 3 nitrogen and oxygen atoms in total. The molecule has 0 aromatic carbocycles. The molecule has 0 bridgehead atoms. The molecule has 1 saturated heterocycles. The number of aryl methyl sites for hydroxylation is 1. The normalized spacial score (nSPS) is 19.1. The molecule has 1 fully saturated rings. The molecule has 0 radical (unpaired) electrons. The Morgan fingerprint density at radius 1 is 1.50 bits per heavy atom. The molecule has 1 aromatic rings. The highest BCUT2D eigenvalue weighted by Crippen LogP contribution is 2.12. The van der Waals surface area contributed by atoms with Crippen molar-refractivity contribution in [2.45, 2.75) is 39.3 Å². The maximum absolute atomic E-state index is 4.47. The standard InChI is InChI=1S/C12H21N3S/c1-3-15-6-4-11(5-7-15)13-8-12-14-10(2)9-16-12/h9,11,13H,3-8H2,1-2H3. The van der Waals surface area contributed by atoms with Crippen LogP contribution in [0.1, 0.15) is 30.5 Å². The van der Waals surface area contributed by atoms with Crippen molar-refractivity contribution >= 4 is 11.3 Å². The number of hydrogen-bond donors (Lipinski definition) is 1. The molecule has 0 saturated carbocycles. The molecule has 1 N–H and O–H groups in total. The van der Waals surface area contributed by atoms with Crippen molar-refractivity contribution in [2.24, 2.45) is 0 Å². The van der Waals surface area contributed by atoms with Crippen molar-refractivity contribution in [3.05, 3.63) is 16.1 Å². The van der Waals surface area contributed by atoms with Crippen molar-refractivity contribution in [2.75, 3.05) is 19.6 Å². The van der Waals surface area contributed by atoms with Crippen LogP contribution in [0.2, 0.25) is 0 Å². The Morgan fingerprint density at radius 2 is 2.25 bits per heavy atom. The molecule has 1 aliphatic rings. The van der Waals surface area contributed by atoms with Crippen LogP contribution in [0.4, 0.5) is 0 Å². The van der Waals surface area contributed by atoms with Crippen molar-refractivity contribution < 1.29 is 0 Å². The molecule has 2 rings (SSSR count). The van der Waals surface area contributed by atoms with E-state index >= 15 is 0 Å². The minimum Gasteiger partial charge on any atom is -0.308 e. The van der Waals surface area contributed by atoms with Crippen LogP contribution in [0, 0.1) is 6.92 Å². The van der Waals surface area contributed by atoms with Crippen molar-refractivity contribution in [1.82, 2.24) is 15.2 Å². The molecule has 1 aliphatic heterocycles. The zero-order chi connectivity index (χ0) is 11.4. The first-order chi connectivity index (χ1) is 7.78. The van der Waals surface area contributed by atoms with Gasteiger partial charge in [0.05, 0.1) is 0 Å². The minimum atomic E-state index is 0.687. The van der Waals surface area contributed by atoms with Gasteiger partial charge in [0, 0.05) is 23.7 Å². The summed E-state index contributed by atoms with van der Waals surface area (Å²) in [7, 11) is 0. The van der Waals surface area contributed by atoms with E-state index in [1.807, 2.05) is 0 Å². The summed E-state index contributed by atoms with van der Waals surface area (Å²) in [5.74, 6) is 0. The third-order valence-corrected chi connectivity index (χ3v) is 4.21. The van der Waals surface area contributed by atoms with Gasteiger partial charge in [-0.15, -0.1) is 11.3 Å². The lowest BCUT2D eigenvalue weighted by atomic mass is 10.1. The maximum atomic E-state index is 4.47. The Morgan fingerprint density at radius 3 is 2.81 bits per heavy atom. The van der Waals surface area contributed by atoms with Crippen LogP contribution in [0.5, 0.6) is 0 Å². The van der Waals surface area contributed by atoms with Crippen LogP contribution in [0.3, 0.4) is 0 Å². The van der Waals surface area contributed by atoms with E-state index < -0.39 is 0 Å². The summed E-state index contributed by atoms with van der Waals surface area (Å²) in [6.45, 7) is 8.91. The second-order valence-electron chi connectivity index (χ2n) is 4.47. The molecular weight excluding hydrogens is 218 g/mol. The molecule has 4 heteroatoms. The van der Waals surface area contributed by atoms with Crippen LogP contribution in [0.15, 0.2) is 5.38 Å². The first-order valence-corrected chi connectivity index (χ1v) is 7.02. The quantitative estimate of drug-likeness (QED) is 0.871. The first kappa shape index (κ1) is 12.0. The highest BCUT2D eigenvalue weighted by atomic mass is 32.1. The van der Waals surface area contributed by atoms with Crippen LogP contribution in [-0.2, 0) is 6.54 Å². The molecule has 2 heterocycles. The summed E-state index contributed by atoms with van der Waals surface area (Å²) in [6, 6.07) is 0.687. The van der Waals surface area contributed by atoms with E-state index in [-0.39, 0.29) is 0 Å². The van der Waals surface area contributed by atoms with Gasteiger partial charge < -0.3 is 10.2 Å². The van der Waals surface area contributed by atoms with Gasteiger partial charge in [-0.3, -0.25) is 0 Å². The number of piperidine rings is 1.